The molecule has 0 spiro atoms. The highest BCUT2D eigenvalue weighted by Gasteiger charge is 2.45. The molecule has 3 aromatic carbocycles. The summed E-state index contributed by atoms with van der Waals surface area (Å²) in [5.74, 6) is -4.89. The van der Waals surface area contributed by atoms with Gasteiger partial charge < -0.3 is 14.2 Å². The molecule has 0 aliphatic rings. The number of aliphatic imine (C=N–C) groups is 1. The van der Waals surface area contributed by atoms with E-state index in [1.807, 2.05) is 79.7 Å². The molecule has 7 heteroatoms. The van der Waals surface area contributed by atoms with Gasteiger partial charge in [-0.25, -0.2) is 4.79 Å². The van der Waals surface area contributed by atoms with Gasteiger partial charge in [0.25, 0.3) is 0 Å². The molecule has 0 N–H and O–H groups in total. The molecule has 3 rings (SSSR count). The smallest absolute Gasteiger partial charge is 0.331 e. The lowest BCUT2D eigenvalue weighted by molar-refractivity contribution is -0.161. The van der Waals surface area contributed by atoms with Gasteiger partial charge >= 0.3 is 17.9 Å². The van der Waals surface area contributed by atoms with E-state index in [4.69, 9.17) is 19.2 Å². The van der Waals surface area contributed by atoms with Gasteiger partial charge in [0.1, 0.15) is 0 Å². The number of hydrogen-bond donors (Lipinski definition) is 0. The summed E-state index contributed by atoms with van der Waals surface area (Å²) in [7, 11) is 3.60. The monoisotopic (exact) mass is 487 g/mol. The van der Waals surface area contributed by atoms with Crippen molar-refractivity contribution in [1.82, 2.24) is 0 Å². The Hall–Kier alpha value is -4.26. The number of ether oxygens (including phenoxy) is 3. The predicted molar refractivity (Wildman–Crippen MR) is 136 cm³/mol. The lowest BCUT2D eigenvalue weighted by Crippen LogP contribution is -2.41. The van der Waals surface area contributed by atoms with Gasteiger partial charge in [-0.3, -0.25) is 14.6 Å². The summed E-state index contributed by atoms with van der Waals surface area (Å²) < 4.78 is 15.1. The Balaban J connectivity index is 2.32. The molecule has 0 aromatic heterocycles. The normalized spacial score (nSPS) is 12.2. The molecule has 0 unspecified atom stereocenters. The first kappa shape index (κ1) is 26.3. The number of carbonyl (C=O) groups excluding carboxylic acids is 3. The minimum atomic E-state index is -1.46. The minimum Gasteiger partial charge on any atom is -0.468 e. The van der Waals surface area contributed by atoms with E-state index in [-0.39, 0.29) is 0 Å². The van der Waals surface area contributed by atoms with Crippen LogP contribution in [0.5, 0.6) is 0 Å². The molecule has 2 atom stereocenters. The van der Waals surface area contributed by atoms with Crippen molar-refractivity contribution < 1.29 is 28.6 Å². The number of benzene rings is 3. The predicted octanol–water partition coefficient (Wildman–Crippen LogP) is 4.12. The molecule has 0 amide bonds. The third kappa shape index (κ3) is 6.05. The Morgan fingerprint density at radius 2 is 1.08 bits per heavy atom. The van der Waals surface area contributed by atoms with Gasteiger partial charge in [-0.1, -0.05) is 90.5 Å². The third-order valence-corrected chi connectivity index (χ3v) is 5.88. The molecule has 0 heterocycles. The Kier molecular flexibility index (Phi) is 9.11. The van der Waals surface area contributed by atoms with Crippen LogP contribution in [-0.4, -0.2) is 51.0 Å². The summed E-state index contributed by atoms with van der Waals surface area (Å²) in [6.45, 7) is 1.91. The Morgan fingerprint density at radius 3 is 1.50 bits per heavy atom. The van der Waals surface area contributed by atoms with E-state index < -0.39 is 35.8 Å². The summed E-state index contributed by atoms with van der Waals surface area (Å²) in [5.41, 5.74) is 3.54. The van der Waals surface area contributed by atoms with Crippen LogP contribution in [0.1, 0.15) is 28.2 Å². The average molecular weight is 488 g/mol. The number of nitrogens with zero attached hydrogens (tertiary/aromatic N) is 1. The van der Waals surface area contributed by atoms with E-state index in [1.165, 1.54) is 21.3 Å². The molecule has 0 fully saturated rings. The maximum absolute atomic E-state index is 13.3. The van der Waals surface area contributed by atoms with E-state index in [0.717, 1.165) is 16.7 Å². The van der Waals surface area contributed by atoms with Crippen LogP contribution in [0.3, 0.4) is 0 Å². The van der Waals surface area contributed by atoms with Crippen LogP contribution in [0.15, 0.2) is 89.9 Å². The molecular weight excluding hydrogens is 458 g/mol. The van der Waals surface area contributed by atoms with Crippen LogP contribution in [0.2, 0.25) is 0 Å². The summed E-state index contributed by atoms with van der Waals surface area (Å²) in [4.78, 5) is 44.0. The quantitative estimate of drug-likeness (QED) is 0.195. The lowest BCUT2D eigenvalue weighted by Gasteiger charge is -2.28. The Labute approximate surface area is 210 Å². The summed E-state index contributed by atoms with van der Waals surface area (Å²) >= 11 is 0. The number of aryl methyl sites for hydroxylation is 1. The zero-order valence-corrected chi connectivity index (χ0v) is 20.7. The van der Waals surface area contributed by atoms with Crippen molar-refractivity contribution >= 4 is 23.6 Å². The molecule has 7 nitrogen and oxygen atoms in total. The molecule has 36 heavy (non-hydrogen) atoms. The maximum Gasteiger partial charge on any atom is 0.331 e. The van der Waals surface area contributed by atoms with Gasteiger partial charge in [0, 0.05) is 17.0 Å². The van der Waals surface area contributed by atoms with Crippen LogP contribution in [-0.2, 0) is 28.6 Å². The minimum absolute atomic E-state index is 0.511. The molecule has 0 bridgehead atoms. The first-order valence-corrected chi connectivity index (χ1v) is 11.4. The first-order valence-electron chi connectivity index (χ1n) is 11.4. The van der Waals surface area contributed by atoms with Crippen LogP contribution in [0.4, 0.5) is 0 Å². The number of carbonyl (C=O) groups is 3. The Morgan fingerprint density at radius 1 is 0.639 bits per heavy atom. The third-order valence-electron chi connectivity index (χ3n) is 5.88. The first-order chi connectivity index (χ1) is 17.4. The van der Waals surface area contributed by atoms with Gasteiger partial charge in [0.15, 0.2) is 12.0 Å². The van der Waals surface area contributed by atoms with E-state index in [0.29, 0.717) is 11.3 Å². The summed E-state index contributed by atoms with van der Waals surface area (Å²) in [6, 6.07) is 24.6. The molecule has 0 aliphatic carbocycles. The van der Waals surface area contributed by atoms with E-state index in [9.17, 15) is 14.4 Å². The van der Waals surface area contributed by atoms with E-state index in [1.54, 1.807) is 12.1 Å². The highest BCUT2D eigenvalue weighted by atomic mass is 16.5. The number of esters is 3. The van der Waals surface area contributed by atoms with E-state index in [2.05, 4.69) is 0 Å². The fourth-order valence-electron chi connectivity index (χ4n) is 4.04. The zero-order valence-electron chi connectivity index (χ0n) is 20.7. The molecular formula is C29H29NO6. The molecule has 186 valence electrons. The largest absolute Gasteiger partial charge is 0.468 e. The van der Waals surface area contributed by atoms with Gasteiger partial charge in [-0.15, -0.1) is 0 Å². The van der Waals surface area contributed by atoms with Crippen molar-refractivity contribution in [2.75, 3.05) is 21.3 Å². The van der Waals surface area contributed by atoms with Crippen molar-refractivity contribution in [1.29, 1.82) is 0 Å². The van der Waals surface area contributed by atoms with Gasteiger partial charge in [0.05, 0.1) is 27.0 Å². The van der Waals surface area contributed by atoms with Crippen LogP contribution >= 0.6 is 0 Å². The van der Waals surface area contributed by atoms with Crippen molar-refractivity contribution in [3.05, 3.63) is 107 Å². The highest BCUT2D eigenvalue weighted by molar-refractivity contribution is 6.13. The van der Waals surface area contributed by atoms with Crippen LogP contribution in [0.25, 0.3) is 0 Å². The Bertz CT molecular complexity index is 1150. The van der Waals surface area contributed by atoms with E-state index >= 15 is 0 Å². The highest BCUT2D eigenvalue weighted by Crippen LogP contribution is 2.34. The summed E-state index contributed by atoms with van der Waals surface area (Å²) in [6.07, 6.45) is 0. The van der Waals surface area contributed by atoms with Crippen molar-refractivity contribution in [2.45, 2.75) is 18.9 Å². The number of methoxy groups -OCH3 is 3. The molecule has 0 radical (unpaired) electrons. The number of hydrogen-bond acceptors (Lipinski definition) is 7. The van der Waals surface area contributed by atoms with Crippen LogP contribution < -0.4 is 0 Å². The van der Waals surface area contributed by atoms with Gasteiger partial charge in [0.2, 0.25) is 0 Å². The van der Waals surface area contributed by atoms with Crippen molar-refractivity contribution in [3.63, 3.8) is 0 Å². The standard InChI is InChI=1S/C29H29NO6/c1-19-15-17-20(18-16-19)23(24(27(31)34-2)28(32)35-3)26(29(33)36-4)30-25(21-11-7-5-8-12-21)22-13-9-6-10-14-22/h5-18,23-24,26H,1-4H3/t23-,26-/m1/s1. The zero-order chi connectivity index (χ0) is 26.1. The average Bonchev–Trinajstić information content (AvgIpc) is 2.93. The number of rotatable bonds is 9. The molecule has 0 aliphatic heterocycles. The topological polar surface area (TPSA) is 91.3 Å². The second-order valence-corrected chi connectivity index (χ2v) is 8.14. The fourth-order valence-corrected chi connectivity index (χ4v) is 4.04. The molecule has 3 aromatic rings. The maximum atomic E-state index is 13.3. The lowest BCUT2D eigenvalue weighted by atomic mass is 9.80. The summed E-state index contributed by atoms with van der Waals surface area (Å²) in [5, 5.41) is 0. The SMILES string of the molecule is COC(=O)C(C(=O)OC)[C@@H](c1ccc(C)cc1)[C@@H](N=C(c1ccccc1)c1ccccc1)C(=O)OC. The van der Waals surface area contributed by atoms with Crippen LogP contribution in [0, 0.1) is 12.8 Å². The van der Waals surface area contributed by atoms with Crippen molar-refractivity contribution in [2.24, 2.45) is 10.9 Å². The second-order valence-electron chi connectivity index (χ2n) is 8.14. The fraction of sp³-hybridized carbons (Fsp3) is 0.241. The van der Waals surface area contributed by atoms with Gasteiger partial charge in [-0.2, -0.15) is 0 Å². The molecule has 0 saturated carbocycles. The van der Waals surface area contributed by atoms with Gasteiger partial charge in [-0.05, 0) is 12.5 Å². The second kappa shape index (κ2) is 12.4. The molecule has 0 saturated heterocycles. The van der Waals surface area contributed by atoms with Crippen molar-refractivity contribution in [3.8, 4) is 0 Å².